The van der Waals surface area contributed by atoms with Crippen molar-refractivity contribution in [3.05, 3.63) is 71.4 Å². The molecule has 0 aliphatic heterocycles. The third-order valence-electron chi connectivity index (χ3n) is 4.46. The molecular formula is C21H19ClN4. The average molecular weight is 363 g/mol. The van der Waals surface area contributed by atoms with Crippen molar-refractivity contribution in [2.75, 3.05) is 0 Å². The van der Waals surface area contributed by atoms with Crippen LogP contribution < -0.4 is 11.5 Å². The SMILES string of the molecule is NC(/C=C(\N)C1CC1)=Nc1cc(-c2ccccc2Cl)nc2ccccc12. The van der Waals surface area contributed by atoms with Crippen LogP contribution in [0.2, 0.25) is 5.02 Å². The maximum absolute atomic E-state index is 6.35. The van der Waals surface area contributed by atoms with Crippen molar-refractivity contribution in [3.8, 4) is 11.3 Å². The van der Waals surface area contributed by atoms with Crippen LogP contribution in [0.5, 0.6) is 0 Å². The monoisotopic (exact) mass is 362 g/mol. The summed E-state index contributed by atoms with van der Waals surface area (Å²) in [6, 6.07) is 17.4. The fourth-order valence-corrected chi connectivity index (χ4v) is 3.17. The molecule has 0 bridgehead atoms. The molecule has 3 aromatic rings. The molecular weight excluding hydrogens is 344 g/mol. The van der Waals surface area contributed by atoms with Crippen LogP contribution in [0.25, 0.3) is 22.2 Å². The van der Waals surface area contributed by atoms with Gasteiger partial charge in [-0.2, -0.15) is 0 Å². The molecule has 1 aromatic heterocycles. The Morgan fingerprint density at radius 2 is 1.81 bits per heavy atom. The van der Waals surface area contributed by atoms with Crippen molar-refractivity contribution in [3.63, 3.8) is 0 Å². The predicted molar refractivity (Wildman–Crippen MR) is 108 cm³/mol. The highest BCUT2D eigenvalue weighted by Gasteiger charge is 2.24. The minimum absolute atomic E-state index is 0.399. The van der Waals surface area contributed by atoms with Crippen molar-refractivity contribution in [2.45, 2.75) is 12.8 Å². The highest BCUT2D eigenvalue weighted by Crippen LogP contribution is 2.35. The molecule has 4 N–H and O–H groups in total. The van der Waals surface area contributed by atoms with Crippen LogP contribution in [-0.2, 0) is 0 Å². The molecule has 0 radical (unpaired) electrons. The van der Waals surface area contributed by atoms with Gasteiger partial charge in [0, 0.05) is 21.7 Å². The summed E-state index contributed by atoms with van der Waals surface area (Å²) in [5, 5.41) is 1.58. The van der Waals surface area contributed by atoms with Gasteiger partial charge in [-0.1, -0.05) is 48.0 Å². The number of pyridine rings is 1. The summed E-state index contributed by atoms with van der Waals surface area (Å²) in [6.07, 6.45) is 4.02. The normalized spacial score (nSPS) is 15.4. The molecule has 4 nitrogen and oxygen atoms in total. The van der Waals surface area contributed by atoms with E-state index < -0.39 is 0 Å². The highest BCUT2D eigenvalue weighted by atomic mass is 35.5. The van der Waals surface area contributed by atoms with Gasteiger partial charge in [-0.05, 0) is 43.0 Å². The number of hydrogen-bond acceptors (Lipinski definition) is 3. The summed E-state index contributed by atoms with van der Waals surface area (Å²) < 4.78 is 0. The van der Waals surface area contributed by atoms with E-state index in [4.69, 9.17) is 28.1 Å². The summed E-state index contributed by atoms with van der Waals surface area (Å²) in [7, 11) is 0. The molecule has 1 saturated carbocycles. The maximum atomic E-state index is 6.35. The number of fused-ring (bicyclic) bond motifs is 1. The maximum Gasteiger partial charge on any atom is 0.125 e. The quantitative estimate of drug-likeness (QED) is 0.517. The van der Waals surface area contributed by atoms with Crippen molar-refractivity contribution in [2.24, 2.45) is 22.4 Å². The van der Waals surface area contributed by atoms with Gasteiger partial charge in [0.2, 0.25) is 0 Å². The van der Waals surface area contributed by atoms with Gasteiger partial charge in [0.25, 0.3) is 0 Å². The van der Waals surface area contributed by atoms with Gasteiger partial charge in [-0.3, -0.25) is 0 Å². The van der Waals surface area contributed by atoms with Gasteiger partial charge in [0.1, 0.15) is 5.84 Å². The third-order valence-corrected chi connectivity index (χ3v) is 4.79. The fourth-order valence-electron chi connectivity index (χ4n) is 2.93. The zero-order chi connectivity index (χ0) is 18.1. The van der Waals surface area contributed by atoms with Crippen molar-refractivity contribution < 1.29 is 0 Å². The number of hydrogen-bond donors (Lipinski definition) is 2. The lowest BCUT2D eigenvalue weighted by Crippen LogP contribution is -2.12. The molecule has 0 saturated heterocycles. The molecule has 0 unspecified atom stereocenters. The number of halogens is 1. The second-order valence-corrected chi connectivity index (χ2v) is 6.89. The van der Waals surface area contributed by atoms with E-state index in [-0.39, 0.29) is 0 Å². The van der Waals surface area contributed by atoms with Gasteiger partial charge in [0.15, 0.2) is 0 Å². The molecule has 5 heteroatoms. The van der Waals surface area contributed by atoms with Crippen LogP contribution in [0, 0.1) is 5.92 Å². The Morgan fingerprint density at radius 3 is 2.58 bits per heavy atom. The minimum Gasteiger partial charge on any atom is -0.402 e. The zero-order valence-corrected chi connectivity index (χ0v) is 14.9. The number of para-hydroxylation sites is 1. The standard InChI is InChI=1S/C21H19ClN4/c22-16-7-3-1-5-14(16)19-12-20(15-6-2-4-8-18(15)25-19)26-21(24)11-17(23)13-9-10-13/h1-8,11-13H,9-10,23H2,(H2,24,25,26)/b17-11-. The van der Waals surface area contributed by atoms with Crippen molar-refractivity contribution in [1.82, 2.24) is 4.98 Å². The third kappa shape index (κ3) is 3.41. The van der Waals surface area contributed by atoms with E-state index >= 15 is 0 Å². The first-order chi connectivity index (χ1) is 12.6. The number of aliphatic imine (C=N–C) groups is 1. The Kier molecular flexibility index (Phi) is 4.35. The Morgan fingerprint density at radius 1 is 1.08 bits per heavy atom. The Hall–Kier alpha value is -2.85. The smallest absolute Gasteiger partial charge is 0.125 e. The van der Waals surface area contributed by atoms with E-state index in [9.17, 15) is 0 Å². The molecule has 1 aliphatic rings. The number of amidine groups is 1. The van der Waals surface area contributed by atoms with E-state index in [2.05, 4.69) is 4.99 Å². The predicted octanol–water partition coefficient (Wildman–Crippen LogP) is 4.80. The average Bonchev–Trinajstić information content (AvgIpc) is 3.47. The second-order valence-electron chi connectivity index (χ2n) is 6.48. The van der Waals surface area contributed by atoms with E-state index in [0.29, 0.717) is 16.8 Å². The Bertz CT molecular complexity index is 1040. The van der Waals surface area contributed by atoms with E-state index in [1.54, 1.807) is 6.08 Å². The van der Waals surface area contributed by atoms with Gasteiger partial charge in [-0.25, -0.2) is 9.98 Å². The molecule has 1 aliphatic carbocycles. The first-order valence-corrected chi connectivity index (χ1v) is 8.95. The van der Waals surface area contributed by atoms with Crippen LogP contribution in [0.4, 0.5) is 5.69 Å². The van der Waals surface area contributed by atoms with Gasteiger partial charge in [-0.15, -0.1) is 0 Å². The molecule has 26 heavy (non-hydrogen) atoms. The lowest BCUT2D eigenvalue weighted by Gasteiger charge is -2.09. The lowest BCUT2D eigenvalue weighted by molar-refractivity contribution is 0.983. The van der Waals surface area contributed by atoms with Crippen LogP contribution >= 0.6 is 11.6 Å². The molecule has 0 atom stereocenters. The summed E-state index contributed by atoms with van der Waals surface area (Å²) in [6.45, 7) is 0. The van der Waals surface area contributed by atoms with Gasteiger partial charge < -0.3 is 11.5 Å². The molecule has 4 rings (SSSR count). The molecule has 0 spiro atoms. The number of benzene rings is 2. The van der Waals surface area contributed by atoms with E-state index in [0.717, 1.165) is 46.4 Å². The van der Waals surface area contributed by atoms with Crippen molar-refractivity contribution in [1.29, 1.82) is 0 Å². The fraction of sp³-hybridized carbons (Fsp3) is 0.143. The van der Waals surface area contributed by atoms with Gasteiger partial charge in [0.05, 0.1) is 16.9 Å². The molecule has 1 heterocycles. The molecule has 130 valence electrons. The topological polar surface area (TPSA) is 77.3 Å². The van der Waals surface area contributed by atoms with E-state index in [1.165, 1.54) is 0 Å². The number of rotatable bonds is 4. The molecule has 2 aromatic carbocycles. The first-order valence-electron chi connectivity index (χ1n) is 8.58. The second kappa shape index (κ2) is 6.81. The van der Waals surface area contributed by atoms with Crippen molar-refractivity contribution >= 4 is 34.0 Å². The summed E-state index contributed by atoms with van der Waals surface area (Å²) in [5.41, 5.74) is 16.2. The summed E-state index contributed by atoms with van der Waals surface area (Å²) in [5.74, 6) is 0.854. The van der Waals surface area contributed by atoms with E-state index in [1.807, 2.05) is 54.6 Å². The van der Waals surface area contributed by atoms with Crippen LogP contribution in [0.3, 0.4) is 0 Å². The molecule has 0 amide bonds. The largest absolute Gasteiger partial charge is 0.402 e. The van der Waals surface area contributed by atoms with Crippen LogP contribution in [0.15, 0.2) is 71.4 Å². The first kappa shape index (κ1) is 16.6. The molecule has 1 fully saturated rings. The summed E-state index contributed by atoms with van der Waals surface area (Å²) >= 11 is 6.35. The lowest BCUT2D eigenvalue weighted by atomic mass is 10.1. The number of allylic oxidation sites excluding steroid dienone is 1. The summed E-state index contributed by atoms with van der Waals surface area (Å²) in [4.78, 5) is 9.35. The minimum atomic E-state index is 0.399. The highest BCUT2D eigenvalue weighted by molar-refractivity contribution is 6.33. The zero-order valence-electron chi connectivity index (χ0n) is 14.2. The number of nitrogens with two attached hydrogens (primary N) is 2. The Labute approximate surface area is 157 Å². The van der Waals surface area contributed by atoms with Crippen LogP contribution in [0.1, 0.15) is 12.8 Å². The van der Waals surface area contributed by atoms with Crippen LogP contribution in [-0.4, -0.2) is 10.8 Å². The number of nitrogens with zero attached hydrogens (tertiary/aromatic N) is 2. The number of aromatic nitrogens is 1. The van der Waals surface area contributed by atoms with Gasteiger partial charge >= 0.3 is 0 Å². The Balaban J connectivity index is 1.85.